The summed E-state index contributed by atoms with van der Waals surface area (Å²) in [6.07, 6.45) is 1.25. The van der Waals surface area contributed by atoms with Crippen molar-refractivity contribution in [3.63, 3.8) is 0 Å². The first-order chi connectivity index (χ1) is 9.01. The summed E-state index contributed by atoms with van der Waals surface area (Å²) in [5, 5.41) is 17.8. The van der Waals surface area contributed by atoms with Crippen molar-refractivity contribution in [2.75, 3.05) is 0 Å². The van der Waals surface area contributed by atoms with Gasteiger partial charge < -0.3 is 9.67 Å². The van der Waals surface area contributed by atoms with Crippen molar-refractivity contribution < 1.29 is 14.3 Å². The monoisotopic (exact) mass is 259 g/mol. The van der Waals surface area contributed by atoms with E-state index in [9.17, 15) is 9.18 Å². The van der Waals surface area contributed by atoms with Crippen LogP contribution >= 0.6 is 0 Å². The fourth-order valence-corrected chi connectivity index (χ4v) is 1.83. The number of hydrogen-bond donors (Lipinski definition) is 1. The van der Waals surface area contributed by atoms with Crippen LogP contribution in [0.5, 0.6) is 0 Å². The molecule has 2 rings (SSSR count). The molecule has 19 heavy (non-hydrogen) atoms. The zero-order valence-electron chi connectivity index (χ0n) is 10.1. The van der Waals surface area contributed by atoms with E-state index < -0.39 is 11.8 Å². The van der Waals surface area contributed by atoms with E-state index >= 15 is 0 Å². The molecule has 1 heterocycles. The summed E-state index contributed by atoms with van der Waals surface area (Å²) < 4.78 is 14.8. The number of rotatable bonds is 3. The number of halogens is 1. The number of carbonyl (C=O) groups is 1. The molecule has 0 aliphatic rings. The van der Waals surface area contributed by atoms with Gasteiger partial charge in [0.2, 0.25) is 0 Å². The second-order valence-corrected chi connectivity index (χ2v) is 4.04. The summed E-state index contributed by atoms with van der Waals surface area (Å²) in [6, 6.07) is 5.78. The van der Waals surface area contributed by atoms with Crippen molar-refractivity contribution in [1.29, 1.82) is 5.26 Å². The first-order valence-corrected chi connectivity index (χ1v) is 5.46. The molecule has 0 saturated heterocycles. The van der Waals surface area contributed by atoms with Gasteiger partial charge in [-0.15, -0.1) is 0 Å². The van der Waals surface area contributed by atoms with Gasteiger partial charge in [-0.2, -0.15) is 5.26 Å². The van der Waals surface area contributed by atoms with E-state index in [0.29, 0.717) is 11.4 Å². The molecule has 6 heteroatoms. The number of aromatic nitrogens is 2. The maximum absolute atomic E-state index is 13.3. The molecule has 96 valence electrons. The zero-order chi connectivity index (χ0) is 14.0. The standard InChI is InChI=1S/C13H10FN3O2/c1-8-16-6-12(13(18)19)17(8)7-10-2-9(5-15)3-11(14)4-10/h2-4,6H,7H2,1H3,(H,18,19). The Labute approximate surface area is 108 Å². The second-order valence-electron chi connectivity index (χ2n) is 4.04. The molecule has 0 aliphatic heterocycles. The minimum absolute atomic E-state index is 0.0280. The molecular formula is C13H10FN3O2. The molecule has 0 fully saturated rings. The lowest BCUT2D eigenvalue weighted by atomic mass is 10.1. The third-order valence-corrected chi connectivity index (χ3v) is 2.70. The molecule has 0 aliphatic carbocycles. The summed E-state index contributed by atoms with van der Waals surface area (Å²) in [7, 11) is 0. The third-order valence-electron chi connectivity index (χ3n) is 2.70. The largest absolute Gasteiger partial charge is 0.477 e. The number of hydrogen-bond acceptors (Lipinski definition) is 3. The fourth-order valence-electron chi connectivity index (χ4n) is 1.83. The molecule has 1 aromatic heterocycles. The van der Waals surface area contributed by atoms with Crippen LogP contribution in [-0.4, -0.2) is 20.6 Å². The van der Waals surface area contributed by atoms with Crippen LogP contribution in [0.3, 0.4) is 0 Å². The number of nitrogens with zero attached hydrogens (tertiary/aromatic N) is 3. The van der Waals surface area contributed by atoms with E-state index in [1.165, 1.54) is 22.9 Å². The highest BCUT2D eigenvalue weighted by Crippen LogP contribution is 2.13. The Bertz CT molecular complexity index is 686. The highest BCUT2D eigenvalue weighted by Gasteiger charge is 2.14. The van der Waals surface area contributed by atoms with Gasteiger partial charge in [0, 0.05) is 6.54 Å². The molecule has 5 nitrogen and oxygen atoms in total. The molecule has 2 aromatic rings. The average molecular weight is 259 g/mol. The first kappa shape index (κ1) is 12.8. The van der Waals surface area contributed by atoms with E-state index in [0.717, 1.165) is 6.07 Å². The number of aromatic carboxylic acids is 1. The molecule has 0 atom stereocenters. The van der Waals surface area contributed by atoms with Gasteiger partial charge >= 0.3 is 5.97 Å². The minimum atomic E-state index is -1.10. The number of carboxylic acids is 1. The van der Waals surface area contributed by atoms with Crippen LogP contribution in [0.15, 0.2) is 24.4 Å². The van der Waals surface area contributed by atoms with Gasteiger partial charge in [0.25, 0.3) is 0 Å². The molecule has 0 radical (unpaired) electrons. The molecule has 1 N–H and O–H groups in total. The Morgan fingerprint density at radius 2 is 2.26 bits per heavy atom. The van der Waals surface area contributed by atoms with Gasteiger partial charge in [0.05, 0.1) is 17.8 Å². The number of benzene rings is 1. The Morgan fingerprint density at radius 3 is 2.89 bits per heavy atom. The highest BCUT2D eigenvalue weighted by molar-refractivity contribution is 5.85. The van der Waals surface area contributed by atoms with Crippen LogP contribution in [0.2, 0.25) is 0 Å². The van der Waals surface area contributed by atoms with Crippen molar-refractivity contribution in [2.45, 2.75) is 13.5 Å². The molecule has 0 bridgehead atoms. The Hall–Kier alpha value is -2.68. The van der Waals surface area contributed by atoms with Crippen molar-refractivity contribution in [3.05, 3.63) is 52.9 Å². The fraction of sp³-hybridized carbons (Fsp3) is 0.154. The van der Waals surface area contributed by atoms with E-state index in [1.54, 1.807) is 6.92 Å². The average Bonchev–Trinajstić information content (AvgIpc) is 2.70. The first-order valence-electron chi connectivity index (χ1n) is 5.46. The number of aryl methyl sites for hydroxylation is 1. The normalized spacial score (nSPS) is 10.2. The van der Waals surface area contributed by atoms with Crippen LogP contribution in [0.25, 0.3) is 0 Å². The van der Waals surface area contributed by atoms with Crippen LogP contribution in [0.1, 0.15) is 27.4 Å². The maximum Gasteiger partial charge on any atom is 0.354 e. The molecule has 0 spiro atoms. The molecule has 0 unspecified atom stereocenters. The van der Waals surface area contributed by atoms with Crippen LogP contribution in [0, 0.1) is 24.1 Å². The van der Waals surface area contributed by atoms with Crippen LogP contribution in [0.4, 0.5) is 4.39 Å². The SMILES string of the molecule is Cc1ncc(C(=O)O)n1Cc1cc(F)cc(C#N)c1. The number of nitriles is 1. The highest BCUT2D eigenvalue weighted by atomic mass is 19.1. The zero-order valence-corrected chi connectivity index (χ0v) is 10.1. The Balaban J connectivity index is 2.42. The number of imidazole rings is 1. The molecule has 0 saturated carbocycles. The predicted molar refractivity (Wildman–Crippen MR) is 64.1 cm³/mol. The second kappa shape index (κ2) is 4.90. The number of carboxylic acid groups (broad SMARTS) is 1. The van der Waals surface area contributed by atoms with Gasteiger partial charge in [-0.25, -0.2) is 14.2 Å². The predicted octanol–water partition coefficient (Wildman–Crippen LogP) is 1.95. The lowest BCUT2D eigenvalue weighted by Gasteiger charge is -2.08. The quantitative estimate of drug-likeness (QED) is 0.913. The molecule has 0 amide bonds. The van der Waals surface area contributed by atoms with Gasteiger partial charge in [0.1, 0.15) is 17.3 Å². The summed E-state index contributed by atoms with van der Waals surface area (Å²) in [5.74, 6) is -1.11. The smallest absolute Gasteiger partial charge is 0.354 e. The lowest BCUT2D eigenvalue weighted by Crippen LogP contribution is -2.11. The van der Waals surface area contributed by atoms with Crippen LogP contribution < -0.4 is 0 Å². The Morgan fingerprint density at radius 1 is 1.53 bits per heavy atom. The summed E-state index contributed by atoms with van der Waals surface area (Å²) in [5.41, 5.74) is 0.741. The topological polar surface area (TPSA) is 78.9 Å². The summed E-state index contributed by atoms with van der Waals surface area (Å²) in [4.78, 5) is 15.0. The van der Waals surface area contributed by atoms with Crippen molar-refractivity contribution in [1.82, 2.24) is 9.55 Å². The maximum atomic E-state index is 13.3. The van der Waals surface area contributed by atoms with Gasteiger partial charge in [0.15, 0.2) is 0 Å². The summed E-state index contributed by atoms with van der Waals surface area (Å²) >= 11 is 0. The van der Waals surface area contributed by atoms with Crippen LogP contribution in [-0.2, 0) is 6.54 Å². The van der Waals surface area contributed by atoms with Crippen molar-refractivity contribution in [3.8, 4) is 6.07 Å². The van der Waals surface area contributed by atoms with E-state index in [4.69, 9.17) is 10.4 Å². The lowest BCUT2D eigenvalue weighted by molar-refractivity contribution is 0.0685. The molecular weight excluding hydrogens is 249 g/mol. The third kappa shape index (κ3) is 2.60. The van der Waals surface area contributed by atoms with E-state index in [-0.39, 0.29) is 17.8 Å². The van der Waals surface area contributed by atoms with Gasteiger partial charge in [-0.1, -0.05) is 0 Å². The van der Waals surface area contributed by atoms with E-state index in [2.05, 4.69) is 4.98 Å². The van der Waals surface area contributed by atoms with Crippen molar-refractivity contribution >= 4 is 5.97 Å². The Kier molecular flexibility index (Phi) is 3.29. The van der Waals surface area contributed by atoms with Gasteiger partial charge in [-0.05, 0) is 30.7 Å². The molecule has 1 aromatic carbocycles. The minimum Gasteiger partial charge on any atom is -0.477 e. The summed E-state index contributed by atoms with van der Waals surface area (Å²) in [6.45, 7) is 1.82. The van der Waals surface area contributed by atoms with Gasteiger partial charge in [-0.3, -0.25) is 0 Å². The van der Waals surface area contributed by atoms with Crippen molar-refractivity contribution in [2.24, 2.45) is 0 Å². The van der Waals surface area contributed by atoms with E-state index in [1.807, 2.05) is 6.07 Å².